The predicted molar refractivity (Wildman–Crippen MR) is 261 cm³/mol. The van der Waals surface area contributed by atoms with Crippen LogP contribution in [0, 0.1) is 5.92 Å². The van der Waals surface area contributed by atoms with Crippen molar-refractivity contribution in [3.8, 4) is 33.6 Å². The highest BCUT2D eigenvalue weighted by Gasteiger charge is 2.37. The maximum Gasteiger partial charge on any atom is 0.673 e. The molecule has 0 saturated carbocycles. The van der Waals surface area contributed by atoms with Crippen LogP contribution < -0.4 is 18.3 Å². The minimum Gasteiger partial charge on any atom is -0.741 e. The molecule has 7 aromatic rings. The summed E-state index contributed by atoms with van der Waals surface area (Å²) in [6.07, 6.45) is 18.7. The van der Waals surface area contributed by atoms with Crippen LogP contribution in [-0.2, 0) is 39.7 Å². The molecule has 0 amide bonds. The summed E-state index contributed by atoms with van der Waals surface area (Å²) in [7, 11) is -24.2. The van der Waals surface area contributed by atoms with E-state index in [-0.39, 0.29) is 0 Å². The van der Waals surface area contributed by atoms with Crippen molar-refractivity contribution in [1.29, 1.82) is 0 Å². The molecular formula is C50H50B2F14N4O6S2. The van der Waals surface area contributed by atoms with Crippen LogP contribution in [0.5, 0.6) is 0 Å². The zero-order valence-electron chi connectivity index (χ0n) is 41.6. The average Bonchev–Trinajstić information content (AvgIpc) is 3.33. The highest BCUT2D eigenvalue weighted by atomic mass is 32.2. The van der Waals surface area contributed by atoms with E-state index >= 15 is 0 Å². The number of alkyl halides is 6. The van der Waals surface area contributed by atoms with E-state index in [1.54, 1.807) is 0 Å². The van der Waals surface area contributed by atoms with Gasteiger partial charge in [0.25, 0.3) is 0 Å². The van der Waals surface area contributed by atoms with Crippen molar-refractivity contribution in [2.75, 3.05) is 0 Å². The van der Waals surface area contributed by atoms with Crippen molar-refractivity contribution < 1.29 is 105 Å². The summed E-state index contributed by atoms with van der Waals surface area (Å²) in [6, 6.07) is 46.1. The Bertz CT molecular complexity index is 2970. The SMILES string of the molecule is CC(C)c1ccccc1-[n+]1ccc(-c2cc[n+](CC(Cc3ccccc3)C[n+]3ccc(-c4cc[n+](-c5ccccc5C(C)C)cc4)cc3)cc2)cc1.F[B-](F)(F)F.F[B-](F)(F)F.O=S(=O)([O-])C(F)(F)F.O=S(=O)([O-])C(F)(F)F. The first-order chi connectivity index (χ1) is 35.9. The summed E-state index contributed by atoms with van der Waals surface area (Å²) < 4.78 is 205. The van der Waals surface area contributed by atoms with E-state index in [4.69, 9.17) is 25.9 Å². The maximum absolute atomic E-state index is 10.7. The quantitative estimate of drug-likeness (QED) is 0.0394. The lowest BCUT2D eigenvalue weighted by molar-refractivity contribution is -0.737. The molecule has 7 rings (SSSR count). The van der Waals surface area contributed by atoms with Crippen molar-refractivity contribution in [2.24, 2.45) is 5.92 Å². The zero-order chi connectivity index (χ0) is 58.9. The first-order valence-corrected chi connectivity index (χ1v) is 25.8. The summed E-state index contributed by atoms with van der Waals surface area (Å²) in [5.74, 6) is 1.36. The Kier molecular flexibility index (Phi) is 23.7. The van der Waals surface area contributed by atoms with Crippen LogP contribution in [0.15, 0.2) is 177 Å². The van der Waals surface area contributed by atoms with Crippen molar-refractivity contribution in [3.63, 3.8) is 0 Å². The van der Waals surface area contributed by atoms with Crippen LogP contribution in [0.2, 0.25) is 0 Å². The molecule has 422 valence electrons. The van der Waals surface area contributed by atoms with Crippen LogP contribution in [0.3, 0.4) is 0 Å². The summed E-state index contributed by atoms with van der Waals surface area (Å²) >= 11 is 0. The van der Waals surface area contributed by atoms with Gasteiger partial charge in [0.15, 0.2) is 82.9 Å². The molecule has 0 bridgehead atoms. The largest absolute Gasteiger partial charge is 0.741 e. The van der Waals surface area contributed by atoms with E-state index in [9.17, 15) is 60.9 Å². The fraction of sp³-hybridized carbons (Fsp3) is 0.240. The van der Waals surface area contributed by atoms with E-state index in [0.29, 0.717) is 17.8 Å². The second-order valence-corrected chi connectivity index (χ2v) is 20.1. The summed E-state index contributed by atoms with van der Waals surface area (Å²) in [4.78, 5) is 0. The Morgan fingerprint density at radius 1 is 0.423 bits per heavy atom. The Morgan fingerprint density at radius 2 is 0.667 bits per heavy atom. The molecule has 28 heteroatoms. The highest BCUT2D eigenvalue weighted by molar-refractivity contribution is 7.86. The Balaban J connectivity index is 0.000000508. The number of halogens is 14. The van der Waals surface area contributed by atoms with Crippen molar-refractivity contribution in [3.05, 3.63) is 194 Å². The number of para-hydroxylation sites is 2. The molecule has 0 fully saturated rings. The van der Waals surface area contributed by atoms with Gasteiger partial charge in [-0.2, -0.15) is 35.5 Å². The number of nitrogens with zero attached hydrogens (tertiary/aromatic N) is 4. The average molecular weight is 1150 g/mol. The molecule has 0 aliphatic carbocycles. The Labute approximate surface area is 441 Å². The van der Waals surface area contributed by atoms with Gasteiger partial charge in [-0.3, -0.25) is 0 Å². The van der Waals surface area contributed by atoms with Gasteiger partial charge in [-0.25, -0.2) is 26.0 Å². The molecule has 0 spiro atoms. The second kappa shape index (κ2) is 28.2. The fourth-order valence-electron chi connectivity index (χ4n) is 7.25. The maximum atomic E-state index is 10.7. The van der Waals surface area contributed by atoms with Crippen LogP contribution in [0.1, 0.15) is 56.2 Å². The van der Waals surface area contributed by atoms with Gasteiger partial charge in [-0.1, -0.05) is 94.4 Å². The highest BCUT2D eigenvalue weighted by Crippen LogP contribution is 2.24. The van der Waals surface area contributed by atoms with Gasteiger partial charge in [-0.15, -0.1) is 0 Å². The second-order valence-electron chi connectivity index (χ2n) is 17.3. The molecule has 0 radical (unpaired) electrons. The third kappa shape index (κ3) is 23.5. The van der Waals surface area contributed by atoms with Crippen molar-refractivity contribution in [1.82, 2.24) is 0 Å². The number of hydrogen-bond donors (Lipinski definition) is 0. The van der Waals surface area contributed by atoms with Gasteiger partial charge < -0.3 is 43.6 Å². The number of aromatic nitrogens is 4. The summed E-state index contributed by atoms with van der Waals surface area (Å²) in [6.45, 7) is 10.9. The topological polar surface area (TPSA) is 130 Å². The van der Waals surface area contributed by atoms with Gasteiger partial charge in [0.1, 0.15) is 0 Å². The van der Waals surface area contributed by atoms with Crippen LogP contribution in [-0.4, -0.2) is 51.5 Å². The molecule has 0 unspecified atom stereocenters. The lowest BCUT2D eigenvalue weighted by Crippen LogP contribution is -2.44. The van der Waals surface area contributed by atoms with Gasteiger partial charge in [0.2, 0.25) is 11.4 Å². The van der Waals surface area contributed by atoms with Gasteiger partial charge in [-0.05, 0) is 46.1 Å². The lowest BCUT2D eigenvalue weighted by atomic mass is 9.98. The van der Waals surface area contributed by atoms with Gasteiger partial charge in [0.05, 0.1) is 5.92 Å². The molecule has 0 atom stereocenters. The molecule has 0 saturated heterocycles. The minimum atomic E-state index is -6.09. The van der Waals surface area contributed by atoms with E-state index in [1.807, 2.05) is 0 Å². The predicted octanol–water partition coefficient (Wildman–Crippen LogP) is 11.7. The van der Waals surface area contributed by atoms with Crippen LogP contribution in [0.4, 0.5) is 60.9 Å². The van der Waals surface area contributed by atoms with Crippen molar-refractivity contribution in [2.45, 2.75) is 70.1 Å². The number of pyridine rings is 4. The normalized spacial score (nSPS) is 12.0. The van der Waals surface area contributed by atoms with Gasteiger partial charge >= 0.3 is 25.5 Å². The summed E-state index contributed by atoms with van der Waals surface area (Å²) in [5, 5.41) is 0. The molecule has 4 aromatic heterocycles. The van der Waals surface area contributed by atoms with Gasteiger partial charge in [0, 0.05) is 71.8 Å². The molecular weight excluding hydrogens is 1100 g/mol. The number of rotatable bonds is 12. The minimum absolute atomic E-state index is 0.419. The fourth-order valence-corrected chi connectivity index (χ4v) is 7.25. The first kappa shape index (κ1) is 65.5. The molecule has 0 N–H and O–H groups in total. The van der Waals surface area contributed by atoms with Crippen LogP contribution in [0.25, 0.3) is 33.6 Å². The van der Waals surface area contributed by atoms with Crippen molar-refractivity contribution >= 4 is 34.7 Å². The number of hydrogen-bond acceptors (Lipinski definition) is 6. The lowest BCUT2D eigenvalue weighted by Gasteiger charge is -2.12. The summed E-state index contributed by atoms with van der Waals surface area (Å²) in [5.41, 5.74) is 0.150. The molecule has 10 nitrogen and oxygen atoms in total. The Morgan fingerprint density at radius 3 is 0.923 bits per heavy atom. The smallest absolute Gasteiger partial charge is 0.673 e. The zero-order valence-corrected chi connectivity index (χ0v) is 43.2. The molecule has 3 aromatic carbocycles. The number of benzene rings is 3. The third-order valence-electron chi connectivity index (χ3n) is 10.7. The Hall–Kier alpha value is -6.77. The van der Waals surface area contributed by atoms with E-state index < -0.39 is 45.8 Å². The van der Waals surface area contributed by atoms with Crippen LogP contribution >= 0.6 is 0 Å². The van der Waals surface area contributed by atoms with E-state index in [1.165, 1.54) is 50.3 Å². The standard InChI is InChI=1S/C48H50N4.2CHF3O3S.2BF4/c1-37(2)45-14-8-10-16-47(45)51-30-22-43(23-31-51)41-18-26-49(27-19-41)35-40(34-39-12-6-5-7-13-39)36-50-28-20-42(21-29-50)44-24-32-52(33-25-44)48-17-11-9-15-46(48)38(3)4;2*2-1(3,4)8(5,6)7;2*2-1(3,4)5/h5-33,37-38,40H,34-36H2,1-4H3;2*(H,5,6,7);;/q+4;;;2*-1/p-2. The molecule has 0 aliphatic rings. The van der Waals surface area contributed by atoms with E-state index in [0.717, 1.165) is 19.5 Å². The third-order valence-corrected chi connectivity index (χ3v) is 11.8. The first-order valence-electron chi connectivity index (χ1n) is 22.9. The molecule has 4 heterocycles. The monoisotopic (exact) mass is 1150 g/mol. The molecule has 0 aliphatic heterocycles. The van der Waals surface area contributed by atoms with E-state index in [2.05, 4.69) is 223 Å². The molecule has 78 heavy (non-hydrogen) atoms.